The van der Waals surface area contributed by atoms with Crippen molar-refractivity contribution in [3.05, 3.63) is 47.9 Å². The van der Waals surface area contributed by atoms with Gasteiger partial charge >= 0.3 is 0 Å². The van der Waals surface area contributed by atoms with Crippen molar-refractivity contribution in [3.8, 4) is 6.07 Å². The van der Waals surface area contributed by atoms with Gasteiger partial charge in [0.2, 0.25) is 0 Å². The maximum atomic E-state index is 12.0. The molecule has 0 saturated heterocycles. The van der Waals surface area contributed by atoms with Gasteiger partial charge in [-0.25, -0.2) is 9.98 Å². The van der Waals surface area contributed by atoms with Crippen molar-refractivity contribution >= 4 is 11.7 Å². The molecular weight excluding hydrogens is 288 g/mol. The maximum absolute atomic E-state index is 12.0. The molecular formula is C18H21N4O-. The van der Waals surface area contributed by atoms with Gasteiger partial charge in [0.15, 0.2) is 11.5 Å². The molecule has 0 spiro atoms. The van der Waals surface area contributed by atoms with E-state index in [1.807, 2.05) is 36.4 Å². The van der Waals surface area contributed by atoms with Crippen LogP contribution < -0.4 is 5.11 Å². The number of nitriles is 1. The predicted octanol–water partition coefficient (Wildman–Crippen LogP) is 3.16. The summed E-state index contributed by atoms with van der Waals surface area (Å²) in [5.74, 6) is 0.171. The molecule has 0 unspecified atom stereocenters. The van der Waals surface area contributed by atoms with Crippen LogP contribution in [0.15, 0.2) is 41.7 Å². The van der Waals surface area contributed by atoms with Crippen LogP contribution in [0.4, 0.5) is 5.82 Å². The van der Waals surface area contributed by atoms with Gasteiger partial charge < -0.3 is 9.67 Å². The van der Waals surface area contributed by atoms with E-state index in [0.717, 1.165) is 31.2 Å². The van der Waals surface area contributed by atoms with E-state index in [-0.39, 0.29) is 11.6 Å². The van der Waals surface area contributed by atoms with Crippen molar-refractivity contribution in [2.45, 2.75) is 45.6 Å². The highest BCUT2D eigenvalue weighted by molar-refractivity contribution is 5.75. The van der Waals surface area contributed by atoms with Gasteiger partial charge in [-0.2, -0.15) is 5.26 Å². The molecule has 2 rings (SSSR count). The highest BCUT2D eigenvalue weighted by atomic mass is 16.3. The normalized spacial score (nSPS) is 11.4. The highest BCUT2D eigenvalue weighted by Crippen LogP contribution is 2.19. The molecule has 0 fully saturated rings. The monoisotopic (exact) mass is 309 g/mol. The second-order valence-electron chi connectivity index (χ2n) is 5.46. The van der Waals surface area contributed by atoms with E-state index in [1.165, 1.54) is 0 Å². The third-order valence-corrected chi connectivity index (χ3v) is 3.59. The average Bonchev–Trinajstić information content (AvgIpc) is 2.94. The van der Waals surface area contributed by atoms with E-state index in [4.69, 9.17) is 5.26 Å². The van der Waals surface area contributed by atoms with Crippen molar-refractivity contribution in [2.75, 3.05) is 0 Å². The SMILES string of the molecule is CCCCCC/C([O-])=N\c1c(C#N)ncn1Cc1ccccc1. The second-order valence-corrected chi connectivity index (χ2v) is 5.46. The Morgan fingerprint density at radius 3 is 2.74 bits per heavy atom. The Balaban J connectivity index is 2.13. The molecule has 5 nitrogen and oxygen atoms in total. The summed E-state index contributed by atoms with van der Waals surface area (Å²) in [5.41, 5.74) is 1.27. The van der Waals surface area contributed by atoms with Crippen LogP contribution in [0, 0.1) is 11.3 Å². The van der Waals surface area contributed by atoms with Crippen LogP contribution in [0.1, 0.15) is 50.3 Å². The van der Waals surface area contributed by atoms with E-state index in [0.29, 0.717) is 18.8 Å². The van der Waals surface area contributed by atoms with Gasteiger partial charge in [0.1, 0.15) is 6.07 Å². The van der Waals surface area contributed by atoms with E-state index < -0.39 is 0 Å². The summed E-state index contributed by atoms with van der Waals surface area (Å²) in [5, 5.41) is 21.2. The van der Waals surface area contributed by atoms with Gasteiger partial charge in [-0.05, 0) is 24.3 Å². The van der Waals surface area contributed by atoms with Gasteiger partial charge in [0.25, 0.3) is 0 Å². The molecule has 0 atom stereocenters. The van der Waals surface area contributed by atoms with Crippen LogP contribution in [-0.4, -0.2) is 15.4 Å². The number of hydrogen-bond donors (Lipinski definition) is 0. The molecule has 1 aromatic heterocycles. The summed E-state index contributed by atoms with van der Waals surface area (Å²) in [7, 11) is 0. The van der Waals surface area contributed by atoms with Crippen LogP contribution in [0.25, 0.3) is 0 Å². The van der Waals surface area contributed by atoms with Crippen LogP contribution in [0.5, 0.6) is 0 Å². The summed E-state index contributed by atoms with van der Waals surface area (Å²) in [6.07, 6.45) is 6.11. The minimum Gasteiger partial charge on any atom is -0.862 e. The highest BCUT2D eigenvalue weighted by Gasteiger charge is 2.09. The van der Waals surface area contributed by atoms with Gasteiger partial charge in [-0.15, -0.1) is 0 Å². The summed E-state index contributed by atoms with van der Waals surface area (Å²) in [6, 6.07) is 11.8. The van der Waals surface area contributed by atoms with Gasteiger partial charge in [0.05, 0.1) is 12.9 Å². The number of rotatable bonds is 8. The Morgan fingerprint density at radius 2 is 2.04 bits per heavy atom. The first kappa shape index (κ1) is 16.8. The third-order valence-electron chi connectivity index (χ3n) is 3.59. The molecule has 0 aliphatic heterocycles. The number of unbranched alkanes of at least 4 members (excludes halogenated alkanes) is 3. The molecule has 120 valence electrons. The number of aromatic nitrogens is 2. The topological polar surface area (TPSA) is 77.0 Å². The fourth-order valence-electron chi connectivity index (χ4n) is 2.34. The average molecular weight is 309 g/mol. The quantitative estimate of drug-likeness (QED) is 0.427. The van der Waals surface area contributed by atoms with Gasteiger partial charge in [-0.1, -0.05) is 56.5 Å². The molecule has 0 saturated carbocycles. The molecule has 0 N–H and O–H groups in total. The first-order valence-electron chi connectivity index (χ1n) is 7.98. The molecule has 0 amide bonds. The number of benzene rings is 1. The summed E-state index contributed by atoms with van der Waals surface area (Å²) in [4.78, 5) is 8.17. The fourth-order valence-corrected chi connectivity index (χ4v) is 2.34. The minimum atomic E-state index is -0.188. The number of aliphatic imine (C=N–C) groups is 1. The lowest BCUT2D eigenvalue weighted by molar-refractivity contribution is -0.218. The van der Waals surface area contributed by atoms with Gasteiger partial charge in [0, 0.05) is 0 Å². The Bertz CT molecular complexity index is 683. The van der Waals surface area contributed by atoms with Crippen molar-refractivity contribution in [3.63, 3.8) is 0 Å². The van der Waals surface area contributed by atoms with Gasteiger partial charge in [-0.3, -0.25) is 0 Å². The lowest BCUT2D eigenvalue weighted by Gasteiger charge is -2.12. The van der Waals surface area contributed by atoms with Crippen LogP contribution in [-0.2, 0) is 6.54 Å². The molecule has 2 aromatic rings. The Kier molecular flexibility index (Phi) is 6.37. The van der Waals surface area contributed by atoms with Crippen LogP contribution in [0.3, 0.4) is 0 Å². The van der Waals surface area contributed by atoms with Crippen LogP contribution >= 0.6 is 0 Å². The van der Waals surface area contributed by atoms with Crippen molar-refractivity contribution in [2.24, 2.45) is 4.99 Å². The lowest BCUT2D eigenvalue weighted by Crippen LogP contribution is -2.17. The number of nitrogens with zero attached hydrogens (tertiary/aromatic N) is 4. The Hall–Kier alpha value is -2.61. The van der Waals surface area contributed by atoms with E-state index in [9.17, 15) is 5.11 Å². The van der Waals surface area contributed by atoms with E-state index in [1.54, 1.807) is 10.9 Å². The zero-order valence-electron chi connectivity index (χ0n) is 13.4. The smallest absolute Gasteiger partial charge is 0.185 e. The van der Waals surface area contributed by atoms with E-state index in [2.05, 4.69) is 16.9 Å². The molecule has 0 aliphatic rings. The summed E-state index contributed by atoms with van der Waals surface area (Å²) in [6.45, 7) is 2.67. The largest absolute Gasteiger partial charge is 0.862 e. The zero-order valence-corrected chi connectivity index (χ0v) is 13.4. The molecule has 1 heterocycles. The first-order chi connectivity index (χ1) is 11.2. The van der Waals surface area contributed by atoms with Crippen molar-refractivity contribution in [1.82, 2.24) is 9.55 Å². The Labute approximate surface area is 136 Å². The fraction of sp³-hybridized carbons (Fsp3) is 0.389. The standard InChI is InChI=1S/C18H22N4O/c1-2-3-4-8-11-17(23)21-18-16(12-19)20-14-22(18)13-15-9-6-5-7-10-15/h5-7,9-10,14H,2-4,8,11,13H2,1H3,(H,21,23)/p-1. The number of hydrogen-bond acceptors (Lipinski definition) is 4. The lowest BCUT2D eigenvalue weighted by atomic mass is 10.1. The second kappa shape index (κ2) is 8.74. The van der Waals surface area contributed by atoms with Crippen LogP contribution in [0.2, 0.25) is 0 Å². The minimum absolute atomic E-state index is 0.188. The third kappa shape index (κ3) is 4.96. The van der Waals surface area contributed by atoms with Crippen molar-refractivity contribution < 1.29 is 5.11 Å². The molecule has 0 radical (unpaired) electrons. The van der Waals surface area contributed by atoms with Crippen molar-refractivity contribution in [1.29, 1.82) is 5.26 Å². The van der Waals surface area contributed by atoms with E-state index >= 15 is 0 Å². The molecule has 5 heteroatoms. The predicted molar refractivity (Wildman–Crippen MR) is 88.3 cm³/mol. The zero-order chi connectivity index (χ0) is 16.5. The molecule has 0 aliphatic carbocycles. The molecule has 0 bridgehead atoms. The molecule has 1 aromatic carbocycles. The molecule has 23 heavy (non-hydrogen) atoms. The first-order valence-corrected chi connectivity index (χ1v) is 7.98. The number of imidazole rings is 1. The summed E-state index contributed by atoms with van der Waals surface area (Å²) >= 11 is 0. The summed E-state index contributed by atoms with van der Waals surface area (Å²) < 4.78 is 1.75. The Morgan fingerprint density at radius 1 is 1.26 bits per heavy atom. The maximum Gasteiger partial charge on any atom is 0.185 e.